The zero-order chi connectivity index (χ0) is 26.5. The Morgan fingerprint density at radius 3 is 2.38 bits per heavy atom. The number of ether oxygens (including phenoxy) is 1. The lowest BCUT2D eigenvalue weighted by Gasteiger charge is -2.42. The Morgan fingerprint density at radius 1 is 1.03 bits per heavy atom. The lowest BCUT2D eigenvalue weighted by atomic mass is 9.78. The Bertz CT molecular complexity index is 1320. The Morgan fingerprint density at radius 2 is 1.70 bits per heavy atom. The molecular formula is C28H30Cl2N2O4S. The molecule has 1 saturated heterocycles. The molecule has 1 heterocycles. The van der Waals surface area contributed by atoms with Gasteiger partial charge in [-0.15, -0.1) is 0 Å². The highest BCUT2D eigenvalue weighted by molar-refractivity contribution is 7.89. The SMILES string of the molecule is CN(Cc1ccccc1)C(=O)CC1(COc2ccccc2)CCCN(S(=O)(=O)c2ccc(Cl)cc2Cl)C1. The first-order valence-electron chi connectivity index (χ1n) is 12.1. The minimum absolute atomic E-state index is 0.00543. The molecule has 0 aliphatic carbocycles. The summed E-state index contributed by atoms with van der Waals surface area (Å²) >= 11 is 12.3. The highest BCUT2D eigenvalue weighted by Crippen LogP contribution is 2.38. The molecule has 0 aromatic heterocycles. The third kappa shape index (κ3) is 6.85. The van der Waals surface area contributed by atoms with Gasteiger partial charge in [0, 0.05) is 43.5 Å². The van der Waals surface area contributed by atoms with Crippen molar-refractivity contribution < 1.29 is 17.9 Å². The molecule has 37 heavy (non-hydrogen) atoms. The van der Waals surface area contributed by atoms with Gasteiger partial charge < -0.3 is 9.64 Å². The van der Waals surface area contributed by atoms with E-state index in [0.29, 0.717) is 36.7 Å². The Kier molecular flexibility index (Phi) is 8.80. The average Bonchev–Trinajstić information content (AvgIpc) is 2.88. The second kappa shape index (κ2) is 11.9. The van der Waals surface area contributed by atoms with E-state index in [1.165, 1.54) is 22.5 Å². The minimum Gasteiger partial charge on any atom is -0.493 e. The Balaban J connectivity index is 1.58. The van der Waals surface area contributed by atoms with Gasteiger partial charge in [-0.2, -0.15) is 4.31 Å². The van der Waals surface area contributed by atoms with E-state index in [1.807, 2.05) is 60.7 Å². The number of nitrogens with zero attached hydrogens (tertiary/aromatic N) is 2. The van der Waals surface area contributed by atoms with E-state index in [2.05, 4.69) is 0 Å². The van der Waals surface area contributed by atoms with Gasteiger partial charge in [0.2, 0.25) is 15.9 Å². The molecule has 3 aromatic rings. The van der Waals surface area contributed by atoms with Crippen LogP contribution in [-0.4, -0.2) is 50.3 Å². The van der Waals surface area contributed by atoms with E-state index in [-0.39, 0.29) is 35.4 Å². The first-order chi connectivity index (χ1) is 17.7. The predicted molar refractivity (Wildman–Crippen MR) is 146 cm³/mol. The highest BCUT2D eigenvalue weighted by Gasteiger charge is 2.43. The smallest absolute Gasteiger partial charge is 0.244 e. The van der Waals surface area contributed by atoms with E-state index in [9.17, 15) is 13.2 Å². The summed E-state index contributed by atoms with van der Waals surface area (Å²) in [4.78, 5) is 15.1. The van der Waals surface area contributed by atoms with Gasteiger partial charge >= 0.3 is 0 Å². The van der Waals surface area contributed by atoms with Crippen LogP contribution in [0.15, 0.2) is 83.8 Å². The van der Waals surface area contributed by atoms with Gasteiger partial charge in [-0.25, -0.2) is 8.42 Å². The van der Waals surface area contributed by atoms with Crippen molar-refractivity contribution in [2.45, 2.75) is 30.7 Å². The largest absolute Gasteiger partial charge is 0.493 e. The normalized spacial score (nSPS) is 18.4. The summed E-state index contributed by atoms with van der Waals surface area (Å²) < 4.78 is 34.7. The summed E-state index contributed by atoms with van der Waals surface area (Å²) in [6, 6.07) is 23.5. The van der Waals surface area contributed by atoms with E-state index >= 15 is 0 Å². The maximum absolute atomic E-state index is 13.6. The number of carbonyl (C=O) groups excluding carboxylic acids is 1. The number of benzene rings is 3. The predicted octanol–water partition coefficient (Wildman–Crippen LogP) is 5.89. The van der Waals surface area contributed by atoms with Gasteiger partial charge in [0.1, 0.15) is 10.6 Å². The second-order valence-corrected chi connectivity index (χ2v) is 12.3. The molecule has 1 atom stereocenters. The van der Waals surface area contributed by atoms with Crippen LogP contribution in [0, 0.1) is 5.41 Å². The van der Waals surface area contributed by atoms with Gasteiger partial charge in [0.25, 0.3) is 0 Å². The molecule has 0 saturated carbocycles. The van der Waals surface area contributed by atoms with Crippen LogP contribution in [0.2, 0.25) is 10.0 Å². The maximum Gasteiger partial charge on any atom is 0.244 e. The number of halogens is 2. The van der Waals surface area contributed by atoms with Crippen LogP contribution in [0.4, 0.5) is 0 Å². The Labute approximate surface area is 228 Å². The second-order valence-electron chi connectivity index (χ2n) is 9.53. The fraction of sp³-hybridized carbons (Fsp3) is 0.321. The molecule has 4 rings (SSSR count). The van der Waals surface area contributed by atoms with Crippen LogP contribution in [-0.2, 0) is 21.4 Å². The van der Waals surface area contributed by atoms with Crippen molar-refractivity contribution in [1.29, 1.82) is 0 Å². The third-order valence-corrected chi connectivity index (χ3v) is 9.20. The first-order valence-corrected chi connectivity index (χ1v) is 14.3. The summed E-state index contributed by atoms with van der Waals surface area (Å²) in [6.45, 7) is 1.16. The maximum atomic E-state index is 13.6. The lowest BCUT2D eigenvalue weighted by Crippen LogP contribution is -2.50. The van der Waals surface area contributed by atoms with Gasteiger partial charge in [-0.1, -0.05) is 71.7 Å². The van der Waals surface area contributed by atoms with Crippen molar-refractivity contribution in [2.75, 3.05) is 26.7 Å². The van der Waals surface area contributed by atoms with Crippen molar-refractivity contribution in [2.24, 2.45) is 5.41 Å². The van der Waals surface area contributed by atoms with Crippen LogP contribution in [0.3, 0.4) is 0 Å². The zero-order valence-electron chi connectivity index (χ0n) is 20.6. The van der Waals surface area contributed by atoms with Crippen molar-refractivity contribution in [3.05, 3.63) is 94.5 Å². The topological polar surface area (TPSA) is 66.9 Å². The van der Waals surface area contributed by atoms with Gasteiger partial charge in [-0.3, -0.25) is 4.79 Å². The fourth-order valence-electron chi connectivity index (χ4n) is 4.66. The molecule has 0 radical (unpaired) electrons. The molecule has 6 nitrogen and oxygen atoms in total. The van der Waals surface area contributed by atoms with E-state index in [0.717, 1.165) is 5.56 Å². The van der Waals surface area contributed by atoms with Crippen LogP contribution < -0.4 is 4.74 Å². The molecule has 0 bridgehead atoms. The summed E-state index contributed by atoms with van der Waals surface area (Å²) in [7, 11) is -2.14. The molecule has 9 heteroatoms. The summed E-state index contributed by atoms with van der Waals surface area (Å²) in [6.07, 6.45) is 1.41. The molecule has 0 spiro atoms. The number of amides is 1. The molecule has 1 unspecified atom stereocenters. The summed E-state index contributed by atoms with van der Waals surface area (Å²) in [5, 5.41) is 0.433. The number of hydrogen-bond acceptors (Lipinski definition) is 4. The minimum atomic E-state index is -3.91. The van der Waals surface area contributed by atoms with Crippen molar-refractivity contribution >= 4 is 39.1 Å². The first kappa shape index (κ1) is 27.5. The quantitative estimate of drug-likeness (QED) is 0.327. The monoisotopic (exact) mass is 560 g/mol. The molecule has 1 aliphatic heterocycles. The third-order valence-electron chi connectivity index (χ3n) is 6.64. The lowest BCUT2D eigenvalue weighted by molar-refractivity contribution is -0.134. The van der Waals surface area contributed by atoms with E-state index in [1.54, 1.807) is 11.9 Å². The van der Waals surface area contributed by atoms with Gasteiger partial charge in [-0.05, 0) is 48.7 Å². The number of sulfonamides is 1. The number of carbonyl (C=O) groups is 1. The number of para-hydroxylation sites is 1. The van der Waals surface area contributed by atoms with Crippen molar-refractivity contribution in [3.63, 3.8) is 0 Å². The molecule has 1 aliphatic rings. The molecule has 1 fully saturated rings. The molecular weight excluding hydrogens is 531 g/mol. The fourth-order valence-corrected chi connectivity index (χ4v) is 7.00. The van der Waals surface area contributed by atoms with E-state index in [4.69, 9.17) is 27.9 Å². The molecule has 0 N–H and O–H groups in total. The van der Waals surface area contributed by atoms with Crippen LogP contribution >= 0.6 is 23.2 Å². The van der Waals surface area contributed by atoms with Gasteiger partial charge in [0.05, 0.1) is 11.6 Å². The van der Waals surface area contributed by atoms with Crippen LogP contribution in [0.1, 0.15) is 24.8 Å². The molecule has 1 amide bonds. The van der Waals surface area contributed by atoms with Crippen LogP contribution in [0.25, 0.3) is 0 Å². The summed E-state index contributed by atoms with van der Waals surface area (Å²) in [5.41, 5.74) is 0.320. The molecule has 3 aromatic carbocycles. The zero-order valence-corrected chi connectivity index (χ0v) is 23.0. The number of rotatable bonds is 9. The van der Waals surface area contributed by atoms with E-state index < -0.39 is 15.4 Å². The molecule has 196 valence electrons. The Hall–Kier alpha value is -2.58. The van der Waals surface area contributed by atoms with Crippen molar-refractivity contribution in [3.8, 4) is 5.75 Å². The van der Waals surface area contributed by atoms with Gasteiger partial charge in [0.15, 0.2) is 0 Å². The van der Waals surface area contributed by atoms with Crippen LogP contribution in [0.5, 0.6) is 5.75 Å². The average molecular weight is 562 g/mol. The highest BCUT2D eigenvalue weighted by atomic mass is 35.5. The standard InChI is InChI=1S/C28H30Cl2N2O4S/c1-31(19-22-9-4-2-5-10-22)27(33)18-28(21-36-24-11-6-3-7-12-24)15-8-16-32(20-28)37(34,35)26-14-13-23(29)17-25(26)30/h2-7,9-14,17H,8,15-16,18-21H2,1H3. The number of hydrogen-bond donors (Lipinski definition) is 0. The summed E-state index contributed by atoms with van der Waals surface area (Å²) in [5.74, 6) is 0.608. The number of piperidine rings is 1. The van der Waals surface area contributed by atoms with Crippen molar-refractivity contribution in [1.82, 2.24) is 9.21 Å².